The van der Waals surface area contributed by atoms with Crippen molar-refractivity contribution >= 4 is 40.7 Å². The lowest BCUT2D eigenvalue weighted by Crippen LogP contribution is -2.27. The summed E-state index contributed by atoms with van der Waals surface area (Å²) in [5.74, 6) is -0.736. The van der Waals surface area contributed by atoms with E-state index in [9.17, 15) is 14.4 Å². The molecule has 174 valence electrons. The number of anilines is 2. The standard InChI is InChI=1S/C23H26N4O5S/c1-13-9-18(33-19(13)21(29)31-6)16-8-7-14(11-24-16)25-20(28)17-10-15(12-27(17)5)26-22(30)32-23(2,3)4/h7-12H,1-6H3,(H,25,28)(H,26,30). The Hall–Kier alpha value is -3.66. The van der Waals surface area contributed by atoms with E-state index >= 15 is 0 Å². The number of esters is 1. The number of nitrogens with one attached hydrogen (secondary N) is 2. The zero-order chi connectivity index (χ0) is 24.3. The van der Waals surface area contributed by atoms with E-state index in [1.54, 1.807) is 63.0 Å². The zero-order valence-corrected chi connectivity index (χ0v) is 20.1. The van der Waals surface area contributed by atoms with Crippen LogP contribution in [-0.2, 0) is 16.5 Å². The highest BCUT2D eigenvalue weighted by atomic mass is 32.1. The highest BCUT2D eigenvalue weighted by Crippen LogP contribution is 2.31. The van der Waals surface area contributed by atoms with Crippen LogP contribution in [0.1, 0.15) is 46.5 Å². The number of carbonyl (C=O) groups is 3. The number of rotatable bonds is 5. The predicted molar refractivity (Wildman–Crippen MR) is 127 cm³/mol. The molecule has 2 amide bonds. The van der Waals surface area contributed by atoms with Crippen molar-refractivity contribution in [2.45, 2.75) is 33.3 Å². The number of hydrogen-bond donors (Lipinski definition) is 2. The molecule has 0 unspecified atom stereocenters. The second-order valence-electron chi connectivity index (χ2n) is 8.35. The molecule has 0 aliphatic carbocycles. The minimum absolute atomic E-state index is 0.349. The molecular formula is C23H26N4O5S. The van der Waals surface area contributed by atoms with Gasteiger partial charge in [-0.3, -0.25) is 15.1 Å². The molecule has 3 heterocycles. The molecule has 0 saturated carbocycles. The Bertz CT molecular complexity index is 1190. The summed E-state index contributed by atoms with van der Waals surface area (Å²) in [4.78, 5) is 42.3. The quantitative estimate of drug-likeness (QED) is 0.516. The molecule has 3 aromatic heterocycles. The number of carbonyl (C=O) groups excluding carboxylic acids is 3. The molecule has 0 radical (unpaired) electrons. The van der Waals surface area contributed by atoms with Crippen LogP contribution in [0.25, 0.3) is 10.6 Å². The number of methoxy groups -OCH3 is 1. The van der Waals surface area contributed by atoms with Crippen LogP contribution in [0.3, 0.4) is 0 Å². The molecular weight excluding hydrogens is 444 g/mol. The predicted octanol–water partition coefficient (Wildman–Crippen LogP) is 4.84. The van der Waals surface area contributed by atoms with Crippen molar-refractivity contribution in [3.63, 3.8) is 0 Å². The van der Waals surface area contributed by atoms with E-state index in [-0.39, 0.29) is 11.9 Å². The Kier molecular flexibility index (Phi) is 6.87. The van der Waals surface area contributed by atoms with Crippen LogP contribution in [0.2, 0.25) is 0 Å². The lowest BCUT2D eigenvalue weighted by Gasteiger charge is -2.19. The number of aromatic nitrogens is 2. The average molecular weight is 471 g/mol. The average Bonchev–Trinajstić information content (AvgIpc) is 3.28. The molecule has 33 heavy (non-hydrogen) atoms. The van der Waals surface area contributed by atoms with E-state index < -0.39 is 11.7 Å². The van der Waals surface area contributed by atoms with E-state index in [2.05, 4.69) is 15.6 Å². The summed E-state index contributed by atoms with van der Waals surface area (Å²) in [5.41, 5.74) is 2.18. The van der Waals surface area contributed by atoms with Gasteiger partial charge in [0.05, 0.1) is 35.3 Å². The molecule has 0 fully saturated rings. The van der Waals surface area contributed by atoms with Gasteiger partial charge in [-0.15, -0.1) is 11.3 Å². The fourth-order valence-electron chi connectivity index (χ4n) is 2.99. The molecule has 2 N–H and O–H groups in total. The van der Waals surface area contributed by atoms with Crippen molar-refractivity contribution in [1.29, 1.82) is 0 Å². The minimum Gasteiger partial charge on any atom is -0.465 e. The van der Waals surface area contributed by atoms with Gasteiger partial charge in [0.15, 0.2) is 0 Å². The maximum atomic E-state index is 12.7. The van der Waals surface area contributed by atoms with Crippen LogP contribution in [0.15, 0.2) is 36.7 Å². The highest BCUT2D eigenvalue weighted by molar-refractivity contribution is 7.17. The molecule has 0 aromatic carbocycles. The Balaban J connectivity index is 1.68. The third-order valence-corrected chi connectivity index (χ3v) is 5.68. The molecule has 3 rings (SSSR count). The van der Waals surface area contributed by atoms with Crippen molar-refractivity contribution in [3.8, 4) is 10.6 Å². The van der Waals surface area contributed by atoms with Gasteiger partial charge in [-0.2, -0.15) is 0 Å². The van der Waals surface area contributed by atoms with Crippen LogP contribution in [-0.4, -0.2) is 40.2 Å². The maximum Gasteiger partial charge on any atom is 0.412 e. The van der Waals surface area contributed by atoms with E-state index in [0.29, 0.717) is 27.6 Å². The molecule has 3 aromatic rings. The fraction of sp³-hybridized carbons (Fsp3) is 0.304. The topological polar surface area (TPSA) is 112 Å². The number of hydrogen-bond acceptors (Lipinski definition) is 7. The molecule has 0 atom stereocenters. The van der Waals surface area contributed by atoms with Gasteiger partial charge in [-0.05, 0) is 57.5 Å². The van der Waals surface area contributed by atoms with Gasteiger partial charge in [0.2, 0.25) is 0 Å². The molecule has 9 nitrogen and oxygen atoms in total. The first kappa shape index (κ1) is 24.0. The summed E-state index contributed by atoms with van der Waals surface area (Å²) in [6.07, 6.45) is 2.57. The Morgan fingerprint density at radius 3 is 2.42 bits per heavy atom. The smallest absolute Gasteiger partial charge is 0.412 e. The minimum atomic E-state index is -0.624. The van der Waals surface area contributed by atoms with Crippen LogP contribution in [0.5, 0.6) is 0 Å². The number of ether oxygens (including phenoxy) is 2. The first-order chi connectivity index (χ1) is 15.5. The van der Waals surface area contributed by atoms with Gasteiger partial charge in [-0.1, -0.05) is 0 Å². The molecule has 0 spiro atoms. The number of pyridine rings is 1. The van der Waals surface area contributed by atoms with Gasteiger partial charge in [0.25, 0.3) is 5.91 Å². The number of thiophene rings is 1. The van der Waals surface area contributed by atoms with E-state index in [1.807, 2.05) is 13.0 Å². The Morgan fingerprint density at radius 1 is 1.09 bits per heavy atom. The molecule has 10 heteroatoms. The lowest BCUT2D eigenvalue weighted by atomic mass is 10.2. The monoisotopic (exact) mass is 470 g/mol. The van der Waals surface area contributed by atoms with Gasteiger partial charge in [0, 0.05) is 13.2 Å². The third-order valence-electron chi connectivity index (χ3n) is 4.45. The van der Waals surface area contributed by atoms with E-state index in [0.717, 1.165) is 10.4 Å². The summed E-state index contributed by atoms with van der Waals surface area (Å²) >= 11 is 1.30. The zero-order valence-electron chi connectivity index (χ0n) is 19.3. The fourth-order valence-corrected chi connectivity index (χ4v) is 4.06. The van der Waals surface area contributed by atoms with Crippen molar-refractivity contribution in [1.82, 2.24) is 9.55 Å². The summed E-state index contributed by atoms with van der Waals surface area (Å²) in [6.45, 7) is 7.15. The summed E-state index contributed by atoms with van der Waals surface area (Å²) < 4.78 is 11.6. The van der Waals surface area contributed by atoms with E-state index in [4.69, 9.17) is 9.47 Å². The summed E-state index contributed by atoms with van der Waals surface area (Å²) in [6, 6.07) is 6.93. The molecule has 0 saturated heterocycles. The van der Waals surface area contributed by atoms with Gasteiger partial charge >= 0.3 is 12.1 Å². The van der Waals surface area contributed by atoms with Crippen LogP contribution in [0, 0.1) is 6.92 Å². The van der Waals surface area contributed by atoms with Gasteiger partial charge in [0.1, 0.15) is 16.2 Å². The van der Waals surface area contributed by atoms with Crippen molar-refractivity contribution in [3.05, 3.63) is 52.8 Å². The summed E-state index contributed by atoms with van der Waals surface area (Å²) in [7, 11) is 3.05. The van der Waals surface area contributed by atoms with Crippen LogP contribution in [0.4, 0.5) is 16.2 Å². The Labute approximate surface area is 195 Å². The largest absolute Gasteiger partial charge is 0.465 e. The number of nitrogens with zero attached hydrogens (tertiary/aromatic N) is 2. The van der Waals surface area contributed by atoms with Crippen LogP contribution < -0.4 is 10.6 Å². The molecule has 0 aliphatic rings. The highest BCUT2D eigenvalue weighted by Gasteiger charge is 2.19. The SMILES string of the molecule is COC(=O)c1sc(-c2ccc(NC(=O)c3cc(NC(=O)OC(C)(C)C)cn3C)cn2)cc1C. The van der Waals surface area contributed by atoms with E-state index in [1.165, 1.54) is 18.4 Å². The number of aryl methyl sites for hydroxylation is 2. The molecule has 0 aliphatic heterocycles. The second kappa shape index (κ2) is 9.45. The second-order valence-corrected chi connectivity index (χ2v) is 9.40. The maximum absolute atomic E-state index is 12.7. The lowest BCUT2D eigenvalue weighted by molar-refractivity contribution is 0.0602. The van der Waals surface area contributed by atoms with Crippen molar-refractivity contribution in [2.75, 3.05) is 17.7 Å². The molecule has 0 bridgehead atoms. The summed E-state index contributed by atoms with van der Waals surface area (Å²) in [5, 5.41) is 5.41. The van der Waals surface area contributed by atoms with Crippen molar-refractivity contribution in [2.24, 2.45) is 7.05 Å². The van der Waals surface area contributed by atoms with Crippen LogP contribution >= 0.6 is 11.3 Å². The van der Waals surface area contributed by atoms with Crippen molar-refractivity contribution < 1.29 is 23.9 Å². The third kappa shape index (κ3) is 5.98. The first-order valence-corrected chi connectivity index (χ1v) is 10.9. The number of amides is 2. The first-order valence-electron chi connectivity index (χ1n) is 10.1. The normalized spacial score (nSPS) is 11.1. The Morgan fingerprint density at radius 2 is 1.82 bits per heavy atom. The van der Waals surface area contributed by atoms with Gasteiger partial charge in [-0.25, -0.2) is 9.59 Å². The van der Waals surface area contributed by atoms with Gasteiger partial charge < -0.3 is 19.4 Å².